The van der Waals surface area contributed by atoms with E-state index in [0.717, 1.165) is 0 Å². The minimum atomic E-state index is -0.931. The first kappa shape index (κ1) is 22.5. The Bertz CT molecular complexity index is 1180. The highest BCUT2D eigenvalue weighted by molar-refractivity contribution is 7.99. The molecule has 2 aromatic heterocycles. The van der Waals surface area contributed by atoms with Crippen LogP contribution in [-0.4, -0.2) is 42.7 Å². The van der Waals surface area contributed by atoms with Crippen LogP contribution in [0.4, 0.5) is 0 Å². The molecule has 0 saturated carbocycles. The summed E-state index contributed by atoms with van der Waals surface area (Å²) in [4.78, 5) is 31.1. The number of aromatic nitrogens is 4. The van der Waals surface area contributed by atoms with E-state index in [4.69, 9.17) is 27.9 Å². The number of rotatable bonds is 8. The highest BCUT2D eigenvalue weighted by Gasteiger charge is 2.20. The quantitative estimate of drug-likeness (QED) is 0.490. The number of ether oxygens (including phenoxy) is 1. The van der Waals surface area contributed by atoms with Gasteiger partial charge in [0.2, 0.25) is 0 Å². The standard InChI is InChI=1S/C19H20Cl2N4O4S/c1-11(20)7-8-30-19-22-16-15(17(27)23-18(28)24(16)2)25(19)9-13(26)10-29-14-5-3-12(21)4-6-14/h3-7,13,26H,8-10H2,1-2H3,(H,23,27,28)/b11-7+/t13-/m0/s1. The lowest BCUT2D eigenvalue weighted by molar-refractivity contribution is 0.0914. The highest BCUT2D eigenvalue weighted by Crippen LogP contribution is 2.23. The molecule has 0 saturated heterocycles. The largest absolute Gasteiger partial charge is 0.491 e. The number of benzene rings is 1. The minimum Gasteiger partial charge on any atom is -0.491 e. The Labute approximate surface area is 186 Å². The molecule has 0 aliphatic heterocycles. The molecule has 0 aliphatic carbocycles. The van der Waals surface area contributed by atoms with Gasteiger partial charge < -0.3 is 14.4 Å². The number of fused-ring (bicyclic) bond motifs is 1. The summed E-state index contributed by atoms with van der Waals surface area (Å²) >= 11 is 13.1. The summed E-state index contributed by atoms with van der Waals surface area (Å²) in [5.74, 6) is 1.08. The van der Waals surface area contributed by atoms with E-state index < -0.39 is 17.4 Å². The van der Waals surface area contributed by atoms with Crippen LogP contribution in [0.15, 0.2) is 50.1 Å². The molecule has 160 valence electrons. The molecule has 3 aromatic rings. The lowest BCUT2D eigenvalue weighted by atomic mass is 10.3. The number of aliphatic hydroxyl groups excluding tert-OH is 1. The summed E-state index contributed by atoms with van der Waals surface area (Å²) in [6.07, 6.45) is 0.874. The number of nitrogens with zero attached hydrogens (tertiary/aromatic N) is 3. The molecule has 30 heavy (non-hydrogen) atoms. The zero-order valence-electron chi connectivity index (χ0n) is 16.3. The van der Waals surface area contributed by atoms with E-state index in [0.29, 0.717) is 26.7 Å². The number of aryl methyl sites for hydroxylation is 1. The monoisotopic (exact) mass is 470 g/mol. The van der Waals surface area contributed by atoms with E-state index in [9.17, 15) is 14.7 Å². The van der Waals surface area contributed by atoms with Crippen LogP contribution < -0.4 is 16.0 Å². The smallest absolute Gasteiger partial charge is 0.329 e. The molecule has 8 nitrogen and oxygen atoms in total. The van der Waals surface area contributed by atoms with Gasteiger partial charge in [0.1, 0.15) is 18.5 Å². The van der Waals surface area contributed by atoms with Crippen LogP contribution in [0.5, 0.6) is 5.75 Å². The first-order valence-corrected chi connectivity index (χ1v) is 10.7. The van der Waals surface area contributed by atoms with Crippen molar-refractivity contribution in [3.63, 3.8) is 0 Å². The van der Waals surface area contributed by atoms with Gasteiger partial charge in [0.25, 0.3) is 5.56 Å². The molecule has 0 amide bonds. The Kier molecular flexibility index (Phi) is 7.30. The number of imidazole rings is 1. The number of halogens is 2. The van der Waals surface area contributed by atoms with Gasteiger partial charge in [0.15, 0.2) is 16.3 Å². The fourth-order valence-corrected chi connectivity index (χ4v) is 3.96. The van der Waals surface area contributed by atoms with Gasteiger partial charge in [-0.05, 0) is 31.2 Å². The van der Waals surface area contributed by atoms with E-state index in [2.05, 4.69) is 9.97 Å². The third kappa shape index (κ3) is 5.28. The topological polar surface area (TPSA) is 102 Å². The van der Waals surface area contributed by atoms with Crippen molar-refractivity contribution in [3.8, 4) is 5.75 Å². The Morgan fingerprint density at radius 3 is 2.73 bits per heavy atom. The Balaban J connectivity index is 1.88. The molecule has 0 fully saturated rings. The molecule has 0 bridgehead atoms. The number of hydrogen-bond donors (Lipinski definition) is 2. The van der Waals surface area contributed by atoms with E-state index >= 15 is 0 Å². The van der Waals surface area contributed by atoms with Crippen molar-refractivity contribution < 1.29 is 9.84 Å². The molecule has 2 heterocycles. The molecule has 2 N–H and O–H groups in total. The van der Waals surface area contributed by atoms with Crippen LogP contribution in [0.25, 0.3) is 11.2 Å². The van der Waals surface area contributed by atoms with Crippen LogP contribution in [0.2, 0.25) is 5.02 Å². The molecular formula is C19H20Cl2N4O4S. The molecule has 0 aliphatic rings. The Morgan fingerprint density at radius 2 is 2.07 bits per heavy atom. The SMILES string of the molecule is C/C(Cl)=C\CSc1nc2c(c(=O)[nH]c(=O)n2C)n1C[C@H](O)COc1ccc(Cl)cc1. The van der Waals surface area contributed by atoms with Crippen LogP contribution in [-0.2, 0) is 13.6 Å². The number of aliphatic hydroxyl groups is 1. The summed E-state index contributed by atoms with van der Waals surface area (Å²) in [5.41, 5.74) is -0.681. The zero-order chi connectivity index (χ0) is 21.8. The molecule has 0 radical (unpaired) electrons. The molecule has 1 atom stereocenters. The number of thioether (sulfide) groups is 1. The summed E-state index contributed by atoms with van der Waals surface area (Å²) in [6, 6.07) is 6.77. The summed E-state index contributed by atoms with van der Waals surface area (Å²) in [5, 5.41) is 12.2. The van der Waals surface area contributed by atoms with E-state index in [1.165, 1.54) is 23.4 Å². The van der Waals surface area contributed by atoms with Gasteiger partial charge in [-0.3, -0.25) is 14.3 Å². The second-order valence-corrected chi connectivity index (χ2v) is 8.54. The predicted molar refractivity (Wildman–Crippen MR) is 119 cm³/mol. The van der Waals surface area contributed by atoms with Crippen molar-refractivity contribution in [1.82, 2.24) is 19.1 Å². The Hall–Kier alpha value is -2.20. The first-order valence-electron chi connectivity index (χ1n) is 8.97. The lowest BCUT2D eigenvalue weighted by Gasteiger charge is -2.15. The van der Waals surface area contributed by atoms with Crippen molar-refractivity contribution in [2.24, 2.45) is 7.05 Å². The summed E-state index contributed by atoms with van der Waals surface area (Å²) in [6.45, 7) is 1.81. The number of H-pyrrole nitrogens is 1. The van der Waals surface area contributed by atoms with Crippen molar-refractivity contribution in [3.05, 3.63) is 61.2 Å². The molecule has 3 rings (SSSR count). The minimum absolute atomic E-state index is 0.00419. The van der Waals surface area contributed by atoms with Gasteiger partial charge in [0.05, 0.1) is 6.54 Å². The van der Waals surface area contributed by atoms with Gasteiger partial charge in [0, 0.05) is 22.9 Å². The van der Waals surface area contributed by atoms with Crippen LogP contribution in [0, 0.1) is 0 Å². The van der Waals surface area contributed by atoms with Crippen molar-refractivity contribution in [1.29, 1.82) is 0 Å². The maximum Gasteiger partial charge on any atom is 0.329 e. The van der Waals surface area contributed by atoms with E-state index in [1.807, 2.05) is 0 Å². The number of nitrogens with one attached hydrogen (secondary N) is 1. The van der Waals surface area contributed by atoms with Gasteiger partial charge in [-0.1, -0.05) is 41.0 Å². The van der Waals surface area contributed by atoms with Gasteiger partial charge in [-0.25, -0.2) is 9.78 Å². The van der Waals surface area contributed by atoms with Gasteiger partial charge >= 0.3 is 5.69 Å². The maximum absolute atomic E-state index is 12.5. The zero-order valence-corrected chi connectivity index (χ0v) is 18.6. The maximum atomic E-state index is 12.5. The second-order valence-electron chi connectivity index (χ2n) is 6.52. The van der Waals surface area contributed by atoms with Gasteiger partial charge in [-0.15, -0.1) is 0 Å². The molecule has 0 spiro atoms. The van der Waals surface area contributed by atoms with Crippen LogP contribution in [0.1, 0.15) is 6.92 Å². The van der Waals surface area contributed by atoms with E-state index in [1.54, 1.807) is 41.8 Å². The van der Waals surface area contributed by atoms with E-state index in [-0.39, 0.29) is 24.3 Å². The number of aromatic amines is 1. The average molecular weight is 471 g/mol. The molecule has 1 aromatic carbocycles. The lowest BCUT2D eigenvalue weighted by Crippen LogP contribution is -2.30. The summed E-state index contributed by atoms with van der Waals surface area (Å²) in [7, 11) is 1.52. The third-order valence-electron chi connectivity index (χ3n) is 4.20. The average Bonchev–Trinajstić information content (AvgIpc) is 3.04. The first-order chi connectivity index (χ1) is 14.3. The summed E-state index contributed by atoms with van der Waals surface area (Å²) < 4.78 is 8.44. The van der Waals surface area contributed by atoms with Crippen LogP contribution in [0.3, 0.4) is 0 Å². The van der Waals surface area contributed by atoms with Crippen molar-refractivity contribution in [2.45, 2.75) is 24.7 Å². The van der Waals surface area contributed by atoms with Crippen LogP contribution >= 0.6 is 35.0 Å². The molecule has 0 unspecified atom stereocenters. The second kappa shape index (κ2) is 9.74. The third-order valence-corrected chi connectivity index (χ3v) is 5.51. The number of allylic oxidation sites excluding steroid dienone is 1. The number of hydrogen-bond acceptors (Lipinski definition) is 6. The normalized spacial score (nSPS) is 13.0. The molecule has 11 heteroatoms. The highest BCUT2D eigenvalue weighted by atomic mass is 35.5. The fraction of sp³-hybridized carbons (Fsp3) is 0.316. The predicted octanol–water partition coefficient (Wildman–Crippen LogP) is 2.75. The van der Waals surface area contributed by atoms with Crippen molar-refractivity contribution >= 4 is 46.1 Å². The fourth-order valence-electron chi connectivity index (χ4n) is 2.71. The van der Waals surface area contributed by atoms with Gasteiger partial charge in [-0.2, -0.15) is 0 Å². The Morgan fingerprint density at radius 1 is 1.37 bits per heavy atom. The van der Waals surface area contributed by atoms with Crippen molar-refractivity contribution in [2.75, 3.05) is 12.4 Å². The molecular weight excluding hydrogens is 451 g/mol.